The molecule has 3 nitrogen and oxygen atoms in total. The Bertz CT molecular complexity index is 346. The molecule has 1 aromatic heterocycles. The average Bonchev–Trinajstić information content (AvgIpc) is 2.55. The second kappa shape index (κ2) is 5.82. The fourth-order valence-corrected chi connectivity index (χ4v) is 2.28. The highest BCUT2D eigenvalue weighted by atomic mass is 79.9. The van der Waals surface area contributed by atoms with E-state index >= 15 is 0 Å². The van der Waals surface area contributed by atoms with Gasteiger partial charge in [-0.2, -0.15) is 5.10 Å². The van der Waals surface area contributed by atoms with Gasteiger partial charge in [0.1, 0.15) is 0 Å². The van der Waals surface area contributed by atoms with Crippen molar-refractivity contribution in [2.45, 2.75) is 46.7 Å². The van der Waals surface area contributed by atoms with Crippen molar-refractivity contribution in [3.8, 4) is 0 Å². The zero-order valence-electron chi connectivity index (χ0n) is 10.8. The number of aryl methyl sites for hydroxylation is 2. The largest absolute Gasteiger partial charge is 0.317 e. The molecule has 0 aliphatic carbocycles. The lowest BCUT2D eigenvalue weighted by atomic mass is 9.98. The van der Waals surface area contributed by atoms with Crippen LogP contribution in [0.2, 0.25) is 0 Å². The molecule has 0 radical (unpaired) electrons. The maximum Gasteiger partial charge on any atom is 0.0738 e. The summed E-state index contributed by atoms with van der Waals surface area (Å²) in [6, 6.07) is 0.521. The van der Waals surface area contributed by atoms with Crippen molar-refractivity contribution in [2.75, 3.05) is 7.05 Å². The third-order valence-corrected chi connectivity index (χ3v) is 4.31. The van der Waals surface area contributed by atoms with Crippen LogP contribution in [0, 0.1) is 12.8 Å². The van der Waals surface area contributed by atoms with E-state index in [4.69, 9.17) is 0 Å². The molecular formula is C12H22BrN3. The van der Waals surface area contributed by atoms with Crippen molar-refractivity contribution in [3.05, 3.63) is 15.9 Å². The number of hydrogen-bond donors (Lipinski definition) is 1. The zero-order valence-corrected chi connectivity index (χ0v) is 12.4. The van der Waals surface area contributed by atoms with Crippen molar-refractivity contribution < 1.29 is 0 Å². The zero-order chi connectivity index (χ0) is 12.3. The first-order valence-electron chi connectivity index (χ1n) is 5.90. The van der Waals surface area contributed by atoms with E-state index < -0.39 is 0 Å². The van der Waals surface area contributed by atoms with E-state index in [1.54, 1.807) is 0 Å². The minimum atomic E-state index is 0.521. The van der Waals surface area contributed by atoms with Gasteiger partial charge < -0.3 is 5.32 Å². The minimum absolute atomic E-state index is 0.521. The molecule has 1 N–H and O–H groups in total. The first-order valence-corrected chi connectivity index (χ1v) is 6.69. The second-order valence-electron chi connectivity index (χ2n) is 4.42. The average molecular weight is 288 g/mol. The van der Waals surface area contributed by atoms with Gasteiger partial charge in [-0.15, -0.1) is 0 Å². The van der Waals surface area contributed by atoms with Crippen LogP contribution < -0.4 is 5.32 Å². The van der Waals surface area contributed by atoms with Gasteiger partial charge in [0, 0.05) is 12.6 Å². The van der Waals surface area contributed by atoms with E-state index in [9.17, 15) is 0 Å². The van der Waals surface area contributed by atoms with E-state index in [0.29, 0.717) is 12.0 Å². The summed E-state index contributed by atoms with van der Waals surface area (Å²) in [6.45, 7) is 9.61. The van der Waals surface area contributed by atoms with Crippen molar-refractivity contribution in [3.63, 3.8) is 0 Å². The number of aromatic nitrogens is 2. The van der Waals surface area contributed by atoms with Crippen LogP contribution >= 0.6 is 15.9 Å². The molecule has 0 bridgehead atoms. The van der Waals surface area contributed by atoms with Gasteiger partial charge >= 0.3 is 0 Å². The molecule has 0 saturated heterocycles. The maximum atomic E-state index is 4.52. The monoisotopic (exact) mass is 287 g/mol. The molecule has 16 heavy (non-hydrogen) atoms. The molecule has 0 spiro atoms. The topological polar surface area (TPSA) is 29.9 Å². The maximum absolute atomic E-state index is 4.52. The highest BCUT2D eigenvalue weighted by Gasteiger charge is 2.17. The molecule has 2 atom stereocenters. The van der Waals surface area contributed by atoms with Gasteiger partial charge in [-0.25, -0.2) is 0 Å². The summed E-state index contributed by atoms with van der Waals surface area (Å²) in [5, 5.41) is 7.82. The van der Waals surface area contributed by atoms with Crippen LogP contribution in [0.4, 0.5) is 0 Å². The van der Waals surface area contributed by atoms with Crippen molar-refractivity contribution in [1.29, 1.82) is 0 Å². The van der Waals surface area contributed by atoms with E-state index in [-0.39, 0.29) is 0 Å². The third kappa shape index (κ3) is 2.86. The molecule has 92 valence electrons. The fraction of sp³-hybridized carbons (Fsp3) is 0.750. The Balaban J connectivity index is 2.87. The molecule has 2 unspecified atom stereocenters. The lowest BCUT2D eigenvalue weighted by molar-refractivity contribution is 0.411. The van der Waals surface area contributed by atoms with Gasteiger partial charge in [-0.05, 0) is 56.1 Å². The van der Waals surface area contributed by atoms with Crippen LogP contribution in [0.3, 0.4) is 0 Å². The third-order valence-electron chi connectivity index (χ3n) is 3.28. The normalized spacial score (nSPS) is 15.1. The summed E-state index contributed by atoms with van der Waals surface area (Å²) in [5.74, 6) is 0.600. The second-order valence-corrected chi connectivity index (χ2v) is 5.21. The summed E-state index contributed by atoms with van der Waals surface area (Å²) in [4.78, 5) is 0. The highest BCUT2D eigenvalue weighted by Crippen LogP contribution is 2.24. The van der Waals surface area contributed by atoms with Crippen LogP contribution in [0.25, 0.3) is 0 Å². The molecule has 0 aromatic carbocycles. The molecular weight excluding hydrogens is 266 g/mol. The molecule has 0 aliphatic rings. The standard InChI is InChI=1S/C12H22BrN3/c1-6-16-11(12(13)10(4)15-16)7-8(2)9(3)14-5/h8-9,14H,6-7H2,1-5H3. The quantitative estimate of drug-likeness (QED) is 0.903. The van der Waals surface area contributed by atoms with Crippen molar-refractivity contribution in [2.24, 2.45) is 5.92 Å². The highest BCUT2D eigenvalue weighted by molar-refractivity contribution is 9.10. The summed E-state index contributed by atoms with van der Waals surface area (Å²) >= 11 is 3.64. The van der Waals surface area contributed by atoms with Gasteiger partial charge in [0.25, 0.3) is 0 Å². The molecule has 0 fully saturated rings. The van der Waals surface area contributed by atoms with Crippen molar-refractivity contribution >= 4 is 15.9 Å². The van der Waals surface area contributed by atoms with Crippen LogP contribution in [0.15, 0.2) is 4.47 Å². The molecule has 0 amide bonds. The summed E-state index contributed by atoms with van der Waals surface area (Å²) in [7, 11) is 2.01. The number of nitrogens with one attached hydrogen (secondary N) is 1. The lowest BCUT2D eigenvalue weighted by Crippen LogP contribution is -2.30. The van der Waals surface area contributed by atoms with Gasteiger partial charge in [0.15, 0.2) is 0 Å². The van der Waals surface area contributed by atoms with Gasteiger partial charge in [0.05, 0.1) is 15.9 Å². The number of halogens is 1. The van der Waals surface area contributed by atoms with Crippen LogP contribution in [0.5, 0.6) is 0 Å². The fourth-order valence-electron chi connectivity index (χ4n) is 1.83. The molecule has 1 heterocycles. The molecule has 1 rings (SSSR count). The van der Waals surface area contributed by atoms with Gasteiger partial charge in [0.2, 0.25) is 0 Å². The Morgan fingerprint density at radius 2 is 2.06 bits per heavy atom. The summed E-state index contributed by atoms with van der Waals surface area (Å²) in [5.41, 5.74) is 2.40. The number of nitrogens with zero attached hydrogens (tertiary/aromatic N) is 2. The Hall–Kier alpha value is -0.350. The van der Waals surface area contributed by atoms with E-state index in [1.165, 1.54) is 10.2 Å². The van der Waals surface area contributed by atoms with Crippen LogP contribution in [0.1, 0.15) is 32.2 Å². The van der Waals surface area contributed by atoms with Crippen LogP contribution in [-0.2, 0) is 13.0 Å². The first-order chi connectivity index (χ1) is 7.51. The van der Waals surface area contributed by atoms with E-state index in [1.807, 2.05) is 14.0 Å². The van der Waals surface area contributed by atoms with E-state index in [0.717, 1.165) is 18.7 Å². The van der Waals surface area contributed by atoms with Crippen molar-refractivity contribution in [1.82, 2.24) is 15.1 Å². The molecule has 1 aromatic rings. The van der Waals surface area contributed by atoms with E-state index in [2.05, 4.69) is 51.8 Å². The number of rotatable bonds is 5. The Labute approximate surface area is 107 Å². The SMILES string of the molecule is CCn1nc(C)c(Br)c1CC(C)C(C)NC. The molecule has 4 heteroatoms. The molecule has 0 aliphatic heterocycles. The first kappa shape index (κ1) is 13.7. The van der Waals surface area contributed by atoms with Gasteiger partial charge in [-0.3, -0.25) is 4.68 Å². The van der Waals surface area contributed by atoms with Gasteiger partial charge in [-0.1, -0.05) is 6.92 Å². The Morgan fingerprint density at radius 1 is 1.44 bits per heavy atom. The predicted octanol–water partition coefficient (Wildman–Crippen LogP) is 2.76. The smallest absolute Gasteiger partial charge is 0.0738 e. The summed E-state index contributed by atoms with van der Waals surface area (Å²) < 4.78 is 3.27. The Morgan fingerprint density at radius 3 is 2.56 bits per heavy atom. The minimum Gasteiger partial charge on any atom is -0.317 e. The molecule has 0 saturated carbocycles. The van der Waals surface area contributed by atoms with Crippen LogP contribution in [-0.4, -0.2) is 22.9 Å². The predicted molar refractivity (Wildman–Crippen MR) is 71.7 cm³/mol. The number of hydrogen-bond acceptors (Lipinski definition) is 2. The summed E-state index contributed by atoms with van der Waals surface area (Å²) in [6.07, 6.45) is 1.05. The lowest BCUT2D eigenvalue weighted by Gasteiger charge is -2.19. The Kier molecular flexibility index (Phi) is 4.99.